The minimum Gasteiger partial charge on any atom is -0.339 e. The highest BCUT2D eigenvalue weighted by Gasteiger charge is 2.25. The van der Waals surface area contributed by atoms with Gasteiger partial charge in [0, 0.05) is 44.0 Å². The molecule has 2 fully saturated rings. The number of likely N-dealkylation sites (tertiary alicyclic amines) is 1. The fourth-order valence-corrected chi connectivity index (χ4v) is 4.29. The summed E-state index contributed by atoms with van der Waals surface area (Å²) in [6, 6.07) is 9.39. The number of amides is 1. The van der Waals surface area contributed by atoms with Crippen molar-refractivity contribution in [3.05, 3.63) is 51.9 Å². The largest absolute Gasteiger partial charge is 0.339 e. The minimum atomic E-state index is -0.148. The number of aromatic amines is 1. The van der Waals surface area contributed by atoms with Crippen LogP contribution in [0.4, 0.5) is 11.5 Å². The van der Waals surface area contributed by atoms with Crippen LogP contribution >= 0.6 is 0 Å². The number of fused-ring (bicyclic) bond motifs is 1. The lowest BCUT2D eigenvalue weighted by Gasteiger charge is -2.27. The van der Waals surface area contributed by atoms with Crippen LogP contribution in [-0.2, 0) is 6.54 Å². The highest BCUT2D eigenvalue weighted by molar-refractivity contribution is 5.96. The maximum atomic E-state index is 12.9. The van der Waals surface area contributed by atoms with Gasteiger partial charge in [-0.1, -0.05) is 13.8 Å². The molecule has 0 spiro atoms. The second-order valence-corrected chi connectivity index (χ2v) is 8.77. The molecule has 0 radical (unpaired) electrons. The average molecular weight is 477 g/mol. The van der Waals surface area contributed by atoms with Crippen LogP contribution in [0.1, 0.15) is 68.8 Å². The van der Waals surface area contributed by atoms with Crippen molar-refractivity contribution < 1.29 is 4.79 Å². The molecular formula is C27H36N6O2. The molecule has 0 bridgehead atoms. The number of rotatable bonds is 5. The van der Waals surface area contributed by atoms with E-state index in [1.54, 1.807) is 12.3 Å². The Kier molecular flexibility index (Phi) is 9.07. The van der Waals surface area contributed by atoms with Crippen LogP contribution in [0.3, 0.4) is 0 Å². The highest BCUT2D eigenvalue weighted by atomic mass is 16.2. The van der Waals surface area contributed by atoms with E-state index in [1.807, 2.05) is 54.6 Å². The van der Waals surface area contributed by atoms with E-state index in [-0.39, 0.29) is 11.5 Å². The smallest absolute Gasteiger partial charge is 0.261 e. The molecule has 2 N–H and O–H groups in total. The van der Waals surface area contributed by atoms with Crippen LogP contribution in [0, 0.1) is 24.2 Å². The quantitative estimate of drug-likeness (QED) is 0.515. The van der Waals surface area contributed by atoms with Crippen molar-refractivity contribution in [1.29, 1.82) is 5.26 Å². The number of hydrogen-bond acceptors (Lipinski definition) is 5. The summed E-state index contributed by atoms with van der Waals surface area (Å²) in [5.41, 5.74) is 3.19. The molecule has 1 aromatic carbocycles. The molecule has 1 aliphatic carbocycles. The first kappa shape index (κ1) is 26.0. The lowest BCUT2D eigenvalue weighted by Crippen LogP contribution is -2.35. The van der Waals surface area contributed by atoms with Crippen LogP contribution < -0.4 is 10.9 Å². The zero-order valence-corrected chi connectivity index (χ0v) is 21.2. The molecule has 35 heavy (non-hydrogen) atoms. The van der Waals surface area contributed by atoms with E-state index in [2.05, 4.69) is 10.3 Å². The number of aryl methyl sites for hydroxylation is 1. The van der Waals surface area contributed by atoms with Crippen molar-refractivity contribution in [1.82, 2.24) is 19.7 Å². The molecule has 1 aliphatic heterocycles. The van der Waals surface area contributed by atoms with Gasteiger partial charge in [0.25, 0.3) is 11.5 Å². The summed E-state index contributed by atoms with van der Waals surface area (Å²) in [5, 5.41) is 15.9. The summed E-state index contributed by atoms with van der Waals surface area (Å²) in [4.78, 5) is 30.1. The standard InChI is InChI=1S/C23H27N5O2.C2H3N.C2H6/c1-15-13-17(7-8-18(15)23(30)27-11-3-2-4-12-27)25-21-20-19(9-10-24-22(20)29)28(26-21)14-16-5-6-16;1-2-3;1-2/h7-10,13,16H,2-6,11-12,14H2,1H3,(H,24,29)(H,25,26);1H3;1-2H3. The van der Waals surface area contributed by atoms with E-state index in [4.69, 9.17) is 10.4 Å². The fourth-order valence-electron chi connectivity index (χ4n) is 4.29. The van der Waals surface area contributed by atoms with E-state index in [0.29, 0.717) is 17.1 Å². The predicted octanol–water partition coefficient (Wildman–Crippen LogP) is 5.37. The van der Waals surface area contributed by atoms with Gasteiger partial charge in [-0.05, 0) is 74.8 Å². The summed E-state index contributed by atoms with van der Waals surface area (Å²) in [5.74, 6) is 1.32. The topological polar surface area (TPSA) is 107 Å². The molecule has 3 heterocycles. The number of nitrogens with zero attached hydrogens (tertiary/aromatic N) is 4. The summed E-state index contributed by atoms with van der Waals surface area (Å²) in [7, 11) is 0. The molecule has 5 rings (SSSR count). The Labute approximate surface area is 206 Å². The van der Waals surface area contributed by atoms with Crippen molar-refractivity contribution in [2.24, 2.45) is 5.92 Å². The number of nitrogens with one attached hydrogen (secondary N) is 2. The molecule has 1 saturated heterocycles. The first-order chi connectivity index (χ1) is 17.0. The van der Waals surface area contributed by atoms with Crippen LogP contribution in [0.2, 0.25) is 0 Å². The number of benzene rings is 1. The van der Waals surface area contributed by atoms with Gasteiger partial charge >= 0.3 is 0 Å². The summed E-state index contributed by atoms with van der Waals surface area (Å²) in [6.45, 7) is 9.90. The predicted molar refractivity (Wildman–Crippen MR) is 140 cm³/mol. The van der Waals surface area contributed by atoms with Crippen LogP contribution in [-0.4, -0.2) is 38.7 Å². The number of nitriles is 1. The SMILES string of the molecule is CC.CC#N.Cc1cc(Nc2nn(CC3CC3)c3cc[nH]c(=O)c23)ccc1C(=O)N1CCCCC1. The van der Waals surface area contributed by atoms with Crippen LogP contribution in [0.15, 0.2) is 35.3 Å². The monoisotopic (exact) mass is 476 g/mol. The number of pyridine rings is 1. The van der Waals surface area contributed by atoms with Gasteiger partial charge in [0.05, 0.1) is 11.6 Å². The molecule has 1 saturated carbocycles. The van der Waals surface area contributed by atoms with Gasteiger partial charge < -0.3 is 15.2 Å². The normalized spacial score (nSPS) is 14.8. The number of piperidine rings is 1. The maximum Gasteiger partial charge on any atom is 0.261 e. The molecule has 3 aromatic rings. The molecule has 0 unspecified atom stereocenters. The van der Waals surface area contributed by atoms with Crippen molar-refractivity contribution in [2.75, 3.05) is 18.4 Å². The number of aromatic nitrogens is 3. The highest BCUT2D eigenvalue weighted by Crippen LogP contribution is 2.33. The zero-order valence-electron chi connectivity index (χ0n) is 21.2. The second kappa shape index (κ2) is 12.2. The molecular weight excluding hydrogens is 440 g/mol. The fraction of sp³-hybridized carbons (Fsp3) is 0.481. The lowest BCUT2D eigenvalue weighted by molar-refractivity contribution is 0.0723. The van der Waals surface area contributed by atoms with E-state index in [0.717, 1.165) is 54.8 Å². The van der Waals surface area contributed by atoms with Gasteiger partial charge in [-0.25, -0.2) is 0 Å². The van der Waals surface area contributed by atoms with E-state index < -0.39 is 0 Å². The number of H-pyrrole nitrogens is 1. The minimum absolute atomic E-state index is 0.106. The first-order valence-corrected chi connectivity index (χ1v) is 12.6. The number of carbonyl (C=O) groups is 1. The Morgan fingerprint density at radius 1 is 1.20 bits per heavy atom. The third-order valence-electron chi connectivity index (χ3n) is 6.17. The van der Waals surface area contributed by atoms with E-state index in [9.17, 15) is 9.59 Å². The summed E-state index contributed by atoms with van der Waals surface area (Å²) < 4.78 is 1.94. The molecule has 8 nitrogen and oxygen atoms in total. The number of anilines is 2. The Hall–Kier alpha value is -3.60. The maximum absolute atomic E-state index is 12.9. The lowest BCUT2D eigenvalue weighted by atomic mass is 10.0. The van der Waals surface area contributed by atoms with Gasteiger partial charge in [-0.2, -0.15) is 10.4 Å². The Bertz CT molecular complexity index is 1240. The molecule has 2 aliphatic rings. The van der Waals surface area contributed by atoms with Crippen molar-refractivity contribution in [2.45, 2.75) is 66.3 Å². The van der Waals surface area contributed by atoms with E-state index in [1.165, 1.54) is 26.2 Å². The number of carbonyl (C=O) groups excluding carboxylic acids is 1. The second-order valence-electron chi connectivity index (χ2n) is 8.77. The Balaban J connectivity index is 0.000000638. The summed E-state index contributed by atoms with van der Waals surface area (Å²) in [6.07, 6.45) is 7.47. The molecule has 0 atom stereocenters. The van der Waals surface area contributed by atoms with E-state index >= 15 is 0 Å². The van der Waals surface area contributed by atoms with Gasteiger partial charge in [-0.15, -0.1) is 0 Å². The van der Waals surface area contributed by atoms with Crippen LogP contribution in [0.25, 0.3) is 10.9 Å². The summed E-state index contributed by atoms with van der Waals surface area (Å²) >= 11 is 0. The van der Waals surface area contributed by atoms with Gasteiger partial charge in [0.2, 0.25) is 0 Å². The van der Waals surface area contributed by atoms with Crippen LogP contribution in [0.5, 0.6) is 0 Å². The van der Waals surface area contributed by atoms with Gasteiger partial charge in [-0.3, -0.25) is 14.3 Å². The average Bonchev–Trinajstić information content (AvgIpc) is 3.62. The Morgan fingerprint density at radius 3 is 2.51 bits per heavy atom. The molecule has 8 heteroatoms. The molecule has 2 aromatic heterocycles. The third-order valence-corrected chi connectivity index (χ3v) is 6.17. The number of hydrogen-bond donors (Lipinski definition) is 2. The Morgan fingerprint density at radius 2 is 1.89 bits per heavy atom. The molecule has 186 valence electrons. The zero-order chi connectivity index (χ0) is 25.4. The van der Waals surface area contributed by atoms with Gasteiger partial charge in [0.15, 0.2) is 5.82 Å². The van der Waals surface area contributed by atoms with Crippen molar-refractivity contribution in [3.63, 3.8) is 0 Å². The van der Waals surface area contributed by atoms with Gasteiger partial charge in [0.1, 0.15) is 5.39 Å². The third kappa shape index (κ3) is 6.30. The van der Waals surface area contributed by atoms with Crippen molar-refractivity contribution in [3.8, 4) is 6.07 Å². The first-order valence-electron chi connectivity index (χ1n) is 12.6. The van der Waals surface area contributed by atoms with Crippen molar-refractivity contribution >= 4 is 28.3 Å². The molecule has 1 amide bonds.